The van der Waals surface area contributed by atoms with E-state index in [1.54, 1.807) is 4.90 Å². The van der Waals surface area contributed by atoms with Gasteiger partial charge in [-0.25, -0.2) is 4.98 Å². The Balaban J connectivity index is 2.46. The normalized spacial score (nSPS) is 11.0. The van der Waals surface area contributed by atoms with Gasteiger partial charge in [0.25, 0.3) is 0 Å². The number of hydrogen-bond acceptors (Lipinski definition) is 5. The number of carbonyl (C=O) groups is 2. The number of hydrogen-bond donors (Lipinski definition) is 1. The first-order chi connectivity index (χ1) is 12.9. The molecule has 7 heteroatoms. The highest BCUT2D eigenvalue weighted by atomic mass is 32.1. The molecule has 6 nitrogen and oxygen atoms in total. The van der Waals surface area contributed by atoms with Crippen LogP contribution in [0.5, 0.6) is 0 Å². The van der Waals surface area contributed by atoms with Gasteiger partial charge in [0.2, 0.25) is 11.8 Å². The van der Waals surface area contributed by atoms with Crippen molar-refractivity contribution < 1.29 is 9.59 Å². The molecule has 1 aromatic heterocycles. The van der Waals surface area contributed by atoms with E-state index in [-0.39, 0.29) is 18.4 Å². The van der Waals surface area contributed by atoms with Gasteiger partial charge in [-0.05, 0) is 40.4 Å². The van der Waals surface area contributed by atoms with Crippen molar-refractivity contribution in [1.82, 2.24) is 14.8 Å². The second-order valence-corrected chi connectivity index (χ2v) is 8.19. The molecule has 1 heterocycles. The Morgan fingerprint density at radius 2 is 1.78 bits per heavy atom. The van der Waals surface area contributed by atoms with Gasteiger partial charge >= 0.3 is 0 Å². The fraction of sp³-hybridized carbons (Fsp3) is 0.750. The third-order valence-corrected chi connectivity index (χ3v) is 5.21. The summed E-state index contributed by atoms with van der Waals surface area (Å²) in [6.07, 6.45) is 8.30. The summed E-state index contributed by atoms with van der Waals surface area (Å²) in [6.45, 7) is 5.70. The molecule has 0 aliphatic rings. The quantitative estimate of drug-likeness (QED) is 0.484. The van der Waals surface area contributed by atoms with Crippen molar-refractivity contribution in [3.8, 4) is 0 Å². The van der Waals surface area contributed by atoms with Crippen molar-refractivity contribution in [2.45, 2.75) is 65.2 Å². The first-order valence-electron chi connectivity index (χ1n) is 10.1. The Kier molecular flexibility index (Phi) is 11.9. The van der Waals surface area contributed by atoms with E-state index in [1.807, 2.05) is 26.4 Å². The fourth-order valence-corrected chi connectivity index (χ4v) is 3.53. The van der Waals surface area contributed by atoms with Gasteiger partial charge in [0.15, 0.2) is 5.13 Å². The molecule has 1 N–H and O–H groups in total. The second-order valence-electron chi connectivity index (χ2n) is 7.33. The minimum Gasteiger partial charge on any atom is -0.333 e. The number of aryl methyl sites for hydroxylation is 1. The zero-order valence-electron chi connectivity index (χ0n) is 17.4. The predicted molar refractivity (Wildman–Crippen MR) is 113 cm³/mol. The molecule has 0 aromatic carbocycles. The lowest BCUT2D eigenvalue weighted by Gasteiger charge is -2.23. The number of nitrogens with one attached hydrogen (secondary N) is 1. The van der Waals surface area contributed by atoms with Crippen molar-refractivity contribution in [3.63, 3.8) is 0 Å². The summed E-state index contributed by atoms with van der Waals surface area (Å²) in [7, 11) is 4.03. The zero-order valence-corrected chi connectivity index (χ0v) is 18.2. The largest absolute Gasteiger partial charge is 0.333 e. The molecule has 2 amide bonds. The maximum atomic E-state index is 12.6. The minimum atomic E-state index is -0.175. The van der Waals surface area contributed by atoms with Gasteiger partial charge in [-0.2, -0.15) is 0 Å². The van der Waals surface area contributed by atoms with Crippen molar-refractivity contribution in [3.05, 3.63) is 11.1 Å². The number of carbonyl (C=O) groups excluding carboxylic acids is 2. The fourth-order valence-electron chi connectivity index (χ4n) is 2.83. The molecule has 0 bridgehead atoms. The van der Waals surface area contributed by atoms with Crippen molar-refractivity contribution in [2.24, 2.45) is 0 Å². The summed E-state index contributed by atoms with van der Waals surface area (Å²) < 4.78 is 0. The third-order valence-electron chi connectivity index (χ3n) is 4.33. The van der Waals surface area contributed by atoms with Crippen LogP contribution in [0.25, 0.3) is 0 Å². The van der Waals surface area contributed by atoms with E-state index in [0.717, 1.165) is 31.5 Å². The van der Waals surface area contributed by atoms with Gasteiger partial charge in [0.05, 0.1) is 12.2 Å². The van der Waals surface area contributed by atoms with E-state index in [0.29, 0.717) is 18.1 Å². The molecule has 0 unspecified atom stereocenters. The third kappa shape index (κ3) is 11.1. The number of thiazole rings is 1. The molecule has 0 atom stereocenters. The lowest BCUT2D eigenvalue weighted by atomic mass is 10.1. The van der Waals surface area contributed by atoms with E-state index in [4.69, 9.17) is 0 Å². The SMILES string of the molecule is CCCCCCCCC(=O)N(CCCN(C)C)CC(=O)Nc1nc(C)cs1. The van der Waals surface area contributed by atoms with Crippen LogP contribution in [0.2, 0.25) is 0 Å². The number of amides is 2. The molecule has 0 radical (unpaired) electrons. The highest BCUT2D eigenvalue weighted by Gasteiger charge is 2.17. The number of rotatable bonds is 14. The van der Waals surface area contributed by atoms with Crippen LogP contribution in [0, 0.1) is 6.92 Å². The Morgan fingerprint density at radius 3 is 2.41 bits per heavy atom. The highest BCUT2D eigenvalue weighted by molar-refractivity contribution is 7.13. The molecule has 154 valence electrons. The lowest BCUT2D eigenvalue weighted by Crippen LogP contribution is -2.39. The standard InChI is InChI=1S/C20H36N4O2S/c1-5-6-7-8-9-10-12-19(26)24(14-11-13-23(3)4)15-18(25)22-20-21-17(2)16-27-20/h16H,5-15H2,1-4H3,(H,21,22,25). The minimum absolute atomic E-state index is 0.0784. The average Bonchev–Trinajstić information content (AvgIpc) is 3.01. The van der Waals surface area contributed by atoms with Gasteiger partial charge in [0, 0.05) is 18.3 Å². The molecule has 27 heavy (non-hydrogen) atoms. The van der Waals surface area contributed by atoms with Crippen LogP contribution in [0.4, 0.5) is 5.13 Å². The summed E-state index contributed by atoms with van der Waals surface area (Å²) in [5.41, 5.74) is 0.886. The smallest absolute Gasteiger partial charge is 0.245 e. The summed E-state index contributed by atoms with van der Waals surface area (Å²) in [5, 5.41) is 5.29. The maximum absolute atomic E-state index is 12.6. The first-order valence-corrected chi connectivity index (χ1v) is 10.9. The molecule has 0 aliphatic heterocycles. The number of nitrogens with zero attached hydrogens (tertiary/aromatic N) is 3. The summed E-state index contributed by atoms with van der Waals surface area (Å²) in [6, 6.07) is 0. The molecule has 0 saturated heterocycles. The van der Waals surface area contributed by atoms with E-state index >= 15 is 0 Å². The van der Waals surface area contributed by atoms with Crippen LogP contribution >= 0.6 is 11.3 Å². The molecule has 1 aromatic rings. The Morgan fingerprint density at radius 1 is 1.07 bits per heavy atom. The zero-order chi connectivity index (χ0) is 20.1. The Hall–Kier alpha value is -1.47. The van der Waals surface area contributed by atoms with Crippen molar-refractivity contribution in [2.75, 3.05) is 39.0 Å². The molecule has 0 spiro atoms. The van der Waals surface area contributed by atoms with Crippen molar-refractivity contribution >= 4 is 28.3 Å². The predicted octanol–water partition coefficient (Wildman–Crippen LogP) is 3.92. The highest BCUT2D eigenvalue weighted by Crippen LogP contribution is 2.14. The molecular weight excluding hydrogens is 360 g/mol. The first kappa shape index (κ1) is 23.6. The summed E-state index contributed by atoms with van der Waals surface area (Å²) in [4.78, 5) is 33.0. The Bertz CT molecular complexity index is 560. The molecule has 0 saturated carbocycles. The van der Waals surface area contributed by atoms with Gasteiger partial charge in [-0.15, -0.1) is 11.3 Å². The van der Waals surface area contributed by atoms with Crippen molar-refractivity contribution in [1.29, 1.82) is 0 Å². The van der Waals surface area contributed by atoms with Gasteiger partial charge in [-0.1, -0.05) is 39.0 Å². The summed E-state index contributed by atoms with van der Waals surface area (Å²) >= 11 is 1.41. The topological polar surface area (TPSA) is 65.5 Å². The van der Waals surface area contributed by atoms with Crippen LogP contribution in [0.1, 0.15) is 64.0 Å². The van der Waals surface area contributed by atoms with Gasteiger partial charge in [-0.3, -0.25) is 9.59 Å². The van der Waals surface area contributed by atoms with Crippen LogP contribution in [0.15, 0.2) is 5.38 Å². The number of aromatic nitrogens is 1. The number of anilines is 1. The number of unbranched alkanes of at least 4 members (excludes halogenated alkanes) is 5. The van der Waals surface area contributed by atoms with Crippen LogP contribution in [-0.4, -0.2) is 60.3 Å². The van der Waals surface area contributed by atoms with E-state index in [2.05, 4.69) is 22.1 Å². The molecule has 1 rings (SSSR count). The van der Waals surface area contributed by atoms with Crippen LogP contribution < -0.4 is 5.32 Å². The van der Waals surface area contributed by atoms with E-state index in [9.17, 15) is 9.59 Å². The average molecular weight is 397 g/mol. The molecule has 0 fully saturated rings. The van der Waals surface area contributed by atoms with Crippen LogP contribution in [-0.2, 0) is 9.59 Å². The van der Waals surface area contributed by atoms with Gasteiger partial charge < -0.3 is 15.1 Å². The Labute approximate surface area is 168 Å². The summed E-state index contributed by atoms with van der Waals surface area (Å²) in [5.74, 6) is -0.0970. The van der Waals surface area contributed by atoms with Gasteiger partial charge in [0.1, 0.15) is 0 Å². The maximum Gasteiger partial charge on any atom is 0.245 e. The van der Waals surface area contributed by atoms with E-state index in [1.165, 1.54) is 37.0 Å². The van der Waals surface area contributed by atoms with Crippen LogP contribution in [0.3, 0.4) is 0 Å². The molecular formula is C20H36N4O2S. The van der Waals surface area contributed by atoms with E-state index < -0.39 is 0 Å². The second kappa shape index (κ2) is 13.7. The molecule has 0 aliphatic carbocycles. The lowest BCUT2D eigenvalue weighted by molar-refractivity contribution is -0.134. The monoisotopic (exact) mass is 396 g/mol.